The standard InChI is InChI=1S/C17H19F2N3O2S/c1-10-14(11(2)21-17(20-10)25-3)8-9-15(23)22-12-4-6-13(7-5-12)24-16(18)19/h4-7,16H,8-9H2,1-3H3,(H,22,23). The van der Waals surface area contributed by atoms with Gasteiger partial charge < -0.3 is 10.1 Å². The zero-order chi connectivity index (χ0) is 18.4. The summed E-state index contributed by atoms with van der Waals surface area (Å²) in [5.41, 5.74) is 3.24. The van der Waals surface area contributed by atoms with Gasteiger partial charge in [0.2, 0.25) is 5.91 Å². The fourth-order valence-electron chi connectivity index (χ4n) is 2.34. The quantitative estimate of drug-likeness (QED) is 0.592. The minimum atomic E-state index is -2.87. The lowest BCUT2D eigenvalue weighted by Crippen LogP contribution is -2.13. The van der Waals surface area contributed by atoms with E-state index in [2.05, 4.69) is 20.0 Å². The van der Waals surface area contributed by atoms with Gasteiger partial charge in [0.15, 0.2) is 5.16 Å². The van der Waals surface area contributed by atoms with Gasteiger partial charge in [-0.2, -0.15) is 8.78 Å². The predicted octanol–water partition coefficient (Wildman–Crippen LogP) is 3.99. The molecule has 134 valence electrons. The summed E-state index contributed by atoms with van der Waals surface area (Å²) in [5, 5.41) is 3.44. The molecule has 0 bridgehead atoms. The number of nitrogens with one attached hydrogen (secondary N) is 1. The molecule has 2 aromatic rings. The van der Waals surface area contributed by atoms with Crippen LogP contribution in [0.4, 0.5) is 14.5 Å². The van der Waals surface area contributed by atoms with Gasteiger partial charge in [0.05, 0.1) is 0 Å². The molecule has 0 saturated carbocycles. The van der Waals surface area contributed by atoms with Crippen molar-refractivity contribution in [1.29, 1.82) is 0 Å². The van der Waals surface area contributed by atoms with Crippen LogP contribution >= 0.6 is 11.8 Å². The van der Waals surface area contributed by atoms with E-state index in [0.29, 0.717) is 17.3 Å². The first kappa shape index (κ1) is 19.1. The number of carbonyl (C=O) groups excluding carboxylic acids is 1. The van der Waals surface area contributed by atoms with E-state index in [9.17, 15) is 13.6 Å². The van der Waals surface area contributed by atoms with E-state index in [1.165, 1.54) is 36.0 Å². The van der Waals surface area contributed by atoms with E-state index in [4.69, 9.17) is 0 Å². The number of halogens is 2. The Morgan fingerprint density at radius 3 is 2.32 bits per heavy atom. The Balaban J connectivity index is 1.93. The second kappa shape index (κ2) is 8.75. The van der Waals surface area contributed by atoms with Crippen molar-refractivity contribution in [3.8, 4) is 5.75 Å². The number of hydrogen-bond donors (Lipinski definition) is 1. The molecule has 1 heterocycles. The first-order valence-corrected chi connectivity index (χ1v) is 8.84. The van der Waals surface area contributed by atoms with Gasteiger partial charge in [0.1, 0.15) is 5.75 Å². The van der Waals surface area contributed by atoms with Crippen LogP contribution in [0.2, 0.25) is 0 Å². The molecule has 0 spiro atoms. The lowest BCUT2D eigenvalue weighted by Gasteiger charge is -2.10. The monoisotopic (exact) mass is 367 g/mol. The summed E-state index contributed by atoms with van der Waals surface area (Å²) in [6.07, 6.45) is 2.72. The molecule has 0 atom stereocenters. The molecule has 1 aromatic heterocycles. The highest BCUT2D eigenvalue weighted by molar-refractivity contribution is 7.98. The van der Waals surface area contributed by atoms with E-state index in [-0.39, 0.29) is 18.1 Å². The number of amides is 1. The Morgan fingerprint density at radius 1 is 1.20 bits per heavy atom. The Hall–Kier alpha value is -2.22. The molecular formula is C17H19F2N3O2S. The average Bonchev–Trinajstić information content (AvgIpc) is 2.55. The lowest BCUT2D eigenvalue weighted by atomic mass is 10.1. The molecule has 0 radical (unpaired) electrons. The largest absolute Gasteiger partial charge is 0.435 e. The molecule has 0 fully saturated rings. The summed E-state index contributed by atoms with van der Waals surface area (Å²) < 4.78 is 28.5. The molecule has 0 unspecified atom stereocenters. The van der Waals surface area contributed by atoms with Gasteiger partial charge in [-0.25, -0.2) is 9.97 Å². The fourth-order valence-corrected chi connectivity index (χ4v) is 2.80. The first-order valence-electron chi connectivity index (χ1n) is 7.62. The molecule has 1 amide bonds. The smallest absolute Gasteiger partial charge is 0.387 e. The lowest BCUT2D eigenvalue weighted by molar-refractivity contribution is -0.116. The van der Waals surface area contributed by atoms with Crippen molar-refractivity contribution < 1.29 is 18.3 Å². The summed E-state index contributed by atoms with van der Waals surface area (Å²) in [5.74, 6) is -0.124. The second-order valence-corrected chi connectivity index (χ2v) is 6.08. The molecule has 1 N–H and O–H groups in total. The molecule has 0 aliphatic heterocycles. The number of nitrogens with zero attached hydrogens (tertiary/aromatic N) is 2. The Labute approximate surface area is 149 Å². The van der Waals surface area contributed by atoms with Crippen molar-refractivity contribution in [2.75, 3.05) is 11.6 Å². The molecule has 1 aromatic carbocycles. The topological polar surface area (TPSA) is 64.1 Å². The highest BCUT2D eigenvalue weighted by Gasteiger charge is 2.11. The van der Waals surface area contributed by atoms with Gasteiger partial charge >= 0.3 is 6.61 Å². The Bertz CT molecular complexity index is 716. The Kier molecular flexibility index (Phi) is 6.69. The summed E-state index contributed by atoms with van der Waals surface area (Å²) in [7, 11) is 0. The third-order valence-corrected chi connectivity index (χ3v) is 4.10. The van der Waals surface area contributed by atoms with Crippen LogP contribution in [0, 0.1) is 13.8 Å². The number of carbonyl (C=O) groups is 1. The van der Waals surface area contributed by atoms with Gasteiger partial charge in [0.25, 0.3) is 0 Å². The summed E-state index contributed by atoms with van der Waals surface area (Å²) in [6.45, 7) is 0.943. The SMILES string of the molecule is CSc1nc(C)c(CCC(=O)Nc2ccc(OC(F)F)cc2)c(C)n1. The molecule has 8 heteroatoms. The zero-order valence-corrected chi connectivity index (χ0v) is 15.0. The second-order valence-electron chi connectivity index (χ2n) is 5.31. The third kappa shape index (κ3) is 5.67. The van der Waals surface area contributed by atoms with Gasteiger partial charge in [0, 0.05) is 23.5 Å². The summed E-state index contributed by atoms with van der Waals surface area (Å²) in [6, 6.07) is 5.79. The first-order chi connectivity index (χ1) is 11.9. The van der Waals surface area contributed by atoms with E-state index < -0.39 is 6.61 Å². The van der Waals surface area contributed by atoms with Crippen LogP contribution in [-0.2, 0) is 11.2 Å². The Morgan fingerprint density at radius 2 is 1.80 bits per heavy atom. The number of aromatic nitrogens is 2. The normalized spacial score (nSPS) is 10.8. The van der Waals surface area contributed by atoms with Crippen LogP contribution < -0.4 is 10.1 Å². The number of aryl methyl sites for hydroxylation is 2. The van der Waals surface area contributed by atoms with Crippen molar-refractivity contribution in [2.45, 2.75) is 38.5 Å². The number of anilines is 1. The number of rotatable bonds is 7. The number of benzene rings is 1. The molecule has 5 nitrogen and oxygen atoms in total. The van der Waals surface area contributed by atoms with Crippen LogP contribution in [0.15, 0.2) is 29.4 Å². The number of ether oxygens (including phenoxy) is 1. The molecular weight excluding hydrogens is 348 g/mol. The molecule has 25 heavy (non-hydrogen) atoms. The summed E-state index contributed by atoms with van der Waals surface area (Å²) >= 11 is 1.48. The number of thioether (sulfide) groups is 1. The van der Waals surface area contributed by atoms with Gasteiger partial charge in [-0.15, -0.1) is 0 Å². The highest BCUT2D eigenvalue weighted by Crippen LogP contribution is 2.19. The van der Waals surface area contributed by atoms with E-state index in [1.807, 2.05) is 20.1 Å². The van der Waals surface area contributed by atoms with Crippen LogP contribution in [0.25, 0.3) is 0 Å². The highest BCUT2D eigenvalue weighted by atomic mass is 32.2. The van der Waals surface area contributed by atoms with Crippen LogP contribution in [0.5, 0.6) is 5.75 Å². The maximum Gasteiger partial charge on any atom is 0.387 e. The van der Waals surface area contributed by atoms with Crippen molar-refractivity contribution in [1.82, 2.24) is 9.97 Å². The molecule has 0 aliphatic rings. The van der Waals surface area contributed by atoms with Crippen molar-refractivity contribution in [3.05, 3.63) is 41.2 Å². The molecule has 2 rings (SSSR count). The van der Waals surface area contributed by atoms with Gasteiger partial charge in [-0.05, 0) is 56.4 Å². The fraction of sp³-hybridized carbons (Fsp3) is 0.353. The van der Waals surface area contributed by atoms with Gasteiger partial charge in [-0.3, -0.25) is 4.79 Å². The van der Waals surface area contributed by atoms with Crippen LogP contribution in [0.3, 0.4) is 0 Å². The maximum atomic E-state index is 12.1. The average molecular weight is 367 g/mol. The molecule has 0 saturated heterocycles. The van der Waals surface area contributed by atoms with Crippen molar-refractivity contribution >= 4 is 23.4 Å². The zero-order valence-electron chi connectivity index (χ0n) is 14.2. The van der Waals surface area contributed by atoms with E-state index >= 15 is 0 Å². The number of alkyl halides is 2. The minimum Gasteiger partial charge on any atom is -0.435 e. The van der Waals surface area contributed by atoms with Gasteiger partial charge in [-0.1, -0.05) is 11.8 Å². The van der Waals surface area contributed by atoms with Crippen molar-refractivity contribution in [3.63, 3.8) is 0 Å². The van der Waals surface area contributed by atoms with Crippen molar-refractivity contribution in [2.24, 2.45) is 0 Å². The maximum absolute atomic E-state index is 12.1. The van der Waals surface area contributed by atoms with Crippen LogP contribution in [-0.4, -0.2) is 28.7 Å². The summed E-state index contributed by atoms with van der Waals surface area (Å²) in [4.78, 5) is 20.9. The number of hydrogen-bond acceptors (Lipinski definition) is 5. The molecule has 0 aliphatic carbocycles. The van der Waals surface area contributed by atoms with Crippen LogP contribution in [0.1, 0.15) is 23.4 Å². The minimum absolute atomic E-state index is 0.0466. The predicted molar refractivity (Wildman–Crippen MR) is 93.3 cm³/mol. The van der Waals surface area contributed by atoms with E-state index in [0.717, 1.165) is 17.0 Å². The van der Waals surface area contributed by atoms with E-state index in [1.54, 1.807) is 0 Å². The third-order valence-electron chi connectivity index (χ3n) is 3.55.